The van der Waals surface area contributed by atoms with Crippen LogP contribution in [0.15, 0.2) is 24.3 Å². The van der Waals surface area contributed by atoms with Crippen LogP contribution in [-0.2, 0) is 10.2 Å². The van der Waals surface area contributed by atoms with E-state index in [1.54, 1.807) is 20.8 Å². The summed E-state index contributed by atoms with van der Waals surface area (Å²) in [6, 6.07) is 7.59. The van der Waals surface area contributed by atoms with Crippen LogP contribution in [0.25, 0.3) is 0 Å². The Kier molecular flexibility index (Phi) is 4.25. The number of nitrogens with zero attached hydrogens (tertiary/aromatic N) is 1. The Bertz CT molecular complexity index is 439. The van der Waals surface area contributed by atoms with Crippen molar-refractivity contribution in [3.05, 3.63) is 29.8 Å². The lowest BCUT2D eigenvalue weighted by Gasteiger charge is -2.25. The number of hydrogen-bond acceptors (Lipinski definition) is 3. The second-order valence-corrected chi connectivity index (χ2v) is 6.65. The Balaban J connectivity index is 2.84. The molecule has 4 heteroatoms. The van der Waals surface area contributed by atoms with Gasteiger partial charge in [-0.25, -0.2) is 15.6 Å². The summed E-state index contributed by atoms with van der Waals surface area (Å²) in [5.74, 6) is 5.76. The van der Waals surface area contributed by atoms with E-state index in [0.717, 1.165) is 5.01 Å². The molecule has 19 heavy (non-hydrogen) atoms. The second-order valence-electron chi connectivity index (χ2n) is 6.65. The molecule has 1 amide bonds. The van der Waals surface area contributed by atoms with Crippen molar-refractivity contribution in [1.29, 1.82) is 0 Å². The number of ether oxygens (including phenoxy) is 1. The van der Waals surface area contributed by atoms with E-state index in [-0.39, 0.29) is 5.41 Å². The van der Waals surface area contributed by atoms with Gasteiger partial charge < -0.3 is 4.74 Å². The molecule has 1 rings (SSSR count). The number of nitrogens with two attached hydrogens (primary N) is 1. The summed E-state index contributed by atoms with van der Waals surface area (Å²) in [5, 5.41) is 1.03. The van der Waals surface area contributed by atoms with Gasteiger partial charge in [0.2, 0.25) is 0 Å². The number of carbonyl (C=O) groups is 1. The van der Waals surface area contributed by atoms with Crippen molar-refractivity contribution >= 4 is 11.8 Å². The largest absolute Gasteiger partial charge is 0.442 e. The van der Waals surface area contributed by atoms with E-state index < -0.39 is 11.7 Å². The summed E-state index contributed by atoms with van der Waals surface area (Å²) < 4.78 is 5.21. The lowest BCUT2D eigenvalue weighted by atomic mass is 9.87. The molecule has 0 aliphatic carbocycles. The minimum Gasteiger partial charge on any atom is -0.442 e. The van der Waals surface area contributed by atoms with Gasteiger partial charge in [0, 0.05) is 0 Å². The van der Waals surface area contributed by atoms with Gasteiger partial charge in [-0.3, -0.25) is 0 Å². The number of rotatable bonds is 1. The van der Waals surface area contributed by atoms with E-state index in [0.29, 0.717) is 5.69 Å². The molecule has 0 saturated heterocycles. The fourth-order valence-corrected chi connectivity index (χ4v) is 1.54. The third kappa shape index (κ3) is 4.56. The minimum atomic E-state index is -0.559. The van der Waals surface area contributed by atoms with Crippen molar-refractivity contribution in [1.82, 2.24) is 0 Å². The van der Waals surface area contributed by atoms with Gasteiger partial charge in [0.05, 0.1) is 5.69 Å². The van der Waals surface area contributed by atoms with Crippen molar-refractivity contribution in [3.8, 4) is 0 Å². The summed E-state index contributed by atoms with van der Waals surface area (Å²) >= 11 is 0. The number of anilines is 1. The maximum Gasteiger partial charge on any atom is 0.429 e. The first-order valence-electron chi connectivity index (χ1n) is 6.39. The zero-order chi connectivity index (χ0) is 14.8. The molecule has 0 saturated carbocycles. The Morgan fingerprint density at radius 1 is 1.05 bits per heavy atom. The lowest BCUT2D eigenvalue weighted by molar-refractivity contribution is 0.0580. The first kappa shape index (κ1) is 15.5. The predicted molar refractivity (Wildman–Crippen MR) is 78.0 cm³/mol. The van der Waals surface area contributed by atoms with Crippen LogP contribution in [0.2, 0.25) is 0 Å². The van der Waals surface area contributed by atoms with Crippen molar-refractivity contribution in [2.75, 3.05) is 5.01 Å². The van der Waals surface area contributed by atoms with Crippen molar-refractivity contribution in [2.24, 2.45) is 5.84 Å². The number of hydrogen-bond donors (Lipinski definition) is 1. The van der Waals surface area contributed by atoms with Crippen LogP contribution in [0.1, 0.15) is 47.1 Å². The van der Waals surface area contributed by atoms with E-state index in [2.05, 4.69) is 20.8 Å². The number of hydrazine groups is 1. The van der Waals surface area contributed by atoms with Crippen LogP contribution >= 0.6 is 0 Å². The Hall–Kier alpha value is -1.55. The molecule has 4 nitrogen and oxygen atoms in total. The average molecular weight is 264 g/mol. The Morgan fingerprint density at radius 2 is 1.53 bits per heavy atom. The maximum absolute atomic E-state index is 11.8. The van der Waals surface area contributed by atoms with Crippen molar-refractivity contribution in [3.63, 3.8) is 0 Å². The monoisotopic (exact) mass is 264 g/mol. The first-order valence-corrected chi connectivity index (χ1v) is 6.39. The highest BCUT2D eigenvalue weighted by atomic mass is 16.6. The fraction of sp³-hybridized carbons (Fsp3) is 0.533. The van der Waals surface area contributed by atoms with Gasteiger partial charge in [0.25, 0.3) is 0 Å². The molecule has 0 aliphatic rings. The van der Waals surface area contributed by atoms with Gasteiger partial charge in [-0.1, -0.05) is 32.9 Å². The average Bonchev–Trinajstić information content (AvgIpc) is 2.24. The first-order chi connectivity index (χ1) is 8.50. The fourth-order valence-electron chi connectivity index (χ4n) is 1.54. The summed E-state index contributed by atoms with van der Waals surface area (Å²) in [5.41, 5.74) is 1.32. The standard InChI is InChI=1S/C15H24N2O2/c1-14(2,3)11-7-9-12(10-8-11)17(16)13(18)19-15(4,5)6/h7-10H,16H2,1-6H3. The van der Waals surface area contributed by atoms with E-state index in [4.69, 9.17) is 10.6 Å². The lowest BCUT2D eigenvalue weighted by Crippen LogP contribution is -2.41. The second kappa shape index (κ2) is 5.21. The van der Waals surface area contributed by atoms with E-state index in [9.17, 15) is 4.79 Å². The van der Waals surface area contributed by atoms with Crippen LogP contribution in [0, 0.1) is 0 Å². The minimum absolute atomic E-state index is 0.0733. The summed E-state index contributed by atoms with van der Waals surface area (Å²) in [6.45, 7) is 11.8. The van der Waals surface area contributed by atoms with Crippen LogP contribution < -0.4 is 10.9 Å². The molecular weight excluding hydrogens is 240 g/mol. The molecule has 0 aromatic heterocycles. The van der Waals surface area contributed by atoms with Gasteiger partial charge in [-0.2, -0.15) is 0 Å². The normalized spacial score (nSPS) is 12.2. The van der Waals surface area contributed by atoms with Crippen LogP contribution in [0.5, 0.6) is 0 Å². The summed E-state index contributed by atoms with van der Waals surface area (Å²) in [6.07, 6.45) is -0.559. The van der Waals surface area contributed by atoms with E-state index in [1.807, 2.05) is 24.3 Å². The highest BCUT2D eigenvalue weighted by molar-refractivity contribution is 5.86. The summed E-state index contributed by atoms with van der Waals surface area (Å²) in [7, 11) is 0. The van der Waals surface area contributed by atoms with Crippen molar-refractivity contribution < 1.29 is 9.53 Å². The van der Waals surface area contributed by atoms with Gasteiger partial charge in [0.15, 0.2) is 0 Å². The maximum atomic E-state index is 11.8. The molecule has 0 bridgehead atoms. The van der Waals surface area contributed by atoms with Gasteiger partial charge in [0.1, 0.15) is 5.60 Å². The zero-order valence-electron chi connectivity index (χ0n) is 12.7. The SMILES string of the molecule is CC(C)(C)OC(=O)N(N)c1ccc(C(C)(C)C)cc1. The Morgan fingerprint density at radius 3 is 1.89 bits per heavy atom. The van der Waals surface area contributed by atoms with Crippen molar-refractivity contribution in [2.45, 2.75) is 52.6 Å². The molecule has 0 heterocycles. The molecule has 2 N–H and O–H groups in total. The molecule has 0 unspecified atom stereocenters. The van der Waals surface area contributed by atoms with Crippen LogP contribution in [-0.4, -0.2) is 11.7 Å². The predicted octanol–water partition coefficient (Wildman–Crippen LogP) is 3.60. The van der Waals surface area contributed by atoms with E-state index >= 15 is 0 Å². The van der Waals surface area contributed by atoms with Gasteiger partial charge >= 0.3 is 6.09 Å². The third-order valence-corrected chi connectivity index (χ3v) is 2.60. The van der Waals surface area contributed by atoms with Gasteiger partial charge in [-0.15, -0.1) is 0 Å². The Labute approximate surface area is 115 Å². The molecule has 106 valence electrons. The third-order valence-electron chi connectivity index (χ3n) is 2.60. The quantitative estimate of drug-likeness (QED) is 0.479. The topological polar surface area (TPSA) is 55.6 Å². The smallest absolute Gasteiger partial charge is 0.429 e. The zero-order valence-corrected chi connectivity index (χ0v) is 12.7. The van der Waals surface area contributed by atoms with Gasteiger partial charge in [-0.05, 0) is 43.9 Å². The number of carbonyl (C=O) groups excluding carboxylic acids is 1. The molecule has 0 spiro atoms. The summed E-state index contributed by atoms with van der Waals surface area (Å²) in [4.78, 5) is 11.8. The number of benzene rings is 1. The van der Waals surface area contributed by atoms with E-state index in [1.165, 1.54) is 5.56 Å². The molecule has 0 aliphatic heterocycles. The molecular formula is C15H24N2O2. The highest BCUT2D eigenvalue weighted by Crippen LogP contribution is 2.24. The highest BCUT2D eigenvalue weighted by Gasteiger charge is 2.21. The molecule has 0 atom stereocenters. The van der Waals surface area contributed by atoms with Crippen LogP contribution in [0.3, 0.4) is 0 Å². The molecule has 1 aromatic carbocycles. The molecule has 0 radical (unpaired) electrons. The molecule has 1 aromatic rings. The molecule has 0 fully saturated rings. The number of amides is 1. The van der Waals surface area contributed by atoms with Crippen LogP contribution in [0.4, 0.5) is 10.5 Å².